The molecule has 10 heteroatoms. The fraction of sp³-hybridized carbons (Fsp3) is 0.278. The first-order chi connectivity index (χ1) is 13.1. The summed E-state index contributed by atoms with van der Waals surface area (Å²) in [5.74, 6) is -3.10. The number of ether oxygens (including phenoxy) is 2. The third kappa shape index (κ3) is 3.62. The molecule has 6 nitrogen and oxygen atoms in total. The number of methoxy groups -OCH3 is 1. The van der Waals surface area contributed by atoms with Crippen LogP contribution in [0.15, 0.2) is 24.4 Å². The summed E-state index contributed by atoms with van der Waals surface area (Å²) in [6.07, 6.45) is 1.41. The molecule has 2 heterocycles. The lowest BCUT2D eigenvalue weighted by atomic mass is 10.1. The molecule has 0 aliphatic carbocycles. The van der Waals surface area contributed by atoms with E-state index in [0.29, 0.717) is 34.4 Å². The second-order valence-corrected chi connectivity index (χ2v) is 6.83. The number of hydrogen-bond donors (Lipinski definition) is 0. The quantitative estimate of drug-likeness (QED) is 0.626. The van der Waals surface area contributed by atoms with Crippen LogP contribution < -0.4 is 9.47 Å². The molecule has 3 aromatic rings. The molecule has 0 atom stereocenters. The molecule has 148 valence electrons. The second kappa shape index (κ2) is 7.31. The Morgan fingerprint density at radius 2 is 1.71 bits per heavy atom. The average molecular weight is 413 g/mol. The Kier molecular flexibility index (Phi) is 5.20. The fourth-order valence-corrected chi connectivity index (χ4v) is 2.91. The molecule has 0 radical (unpaired) electrons. The van der Waals surface area contributed by atoms with E-state index in [0.717, 1.165) is 0 Å². The molecular weight excluding hydrogens is 397 g/mol. The Morgan fingerprint density at radius 3 is 2.32 bits per heavy atom. The standard InChI is InChI=1S/C18H16ClF3N4O2/c1-18(2,28-15-12(21)5-9(20)6-13(15)22)17-25-24-16(26(17)3)10-7-14(27-4)23-8-11(10)19/h5-8H,1-4H3. The highest BCUT2D eigenvalue weighted by atomic mass is 35.5. The van der Waals surface area contributed by atoms with Crippen molar-refractivity contribution in [2.75, 3.05) is 7.11 Å². The van der Waals surface area contributed by atoms with Gasteiger partial charge in [0.15, 0.2) is 34.6 Å². The number of nitrogens with zero attached hydrogens (tertiary/aromatic N) is 4. The Bertz CT molecular complexity index is 1020. The van der Waals surface area contributed by atoms with E-state index in [9.17, 15) is 13.2 Å². The van der Waals surface area contributed by atoms with Crippen LogP contribution in [0.4, 0.5) is 13.2 Å². The van der Waals surface area contributed by atoms with Crippen LogP contribution in [0.5, 0.6) is 11.6 Å². The molecule has 2 aromatic heterocycles. The highest BCUT2D eigenvalue weighted by Gasteiger charge is 2.32. The van der Waals surface area contributed by atoms with Crippen LogP contribution in [0, 0.1) is 17.5 Å². The lowest BCUT2D eigenvalue weighted by Crippen LogP contribution is -2.30. The predicted octanol–water partition coefficient (Wildman–Crippen LogP) is 4.27. The van der Waals surface area contributed by atoms with Gasteiger partial charge in [-0.3, -0.25) is 0 Å². The first kappa shape index (κ1) is 19.9. The van der Waals surface area contributed by atoms with E-state index in [1.807, 2.05) is 0 Å². The van der Waals surface area contributed by atoms with E-state index in [-0.39, 0.29) is 5.82 Å². The maximum Gasteiger partial charge on any atom is 0.213 e. The van der Waals surface area contributed by atoms with Crippen LogP contribution in [0.25, 0.3) is 11.4 Å². The van der Waals surface area contributed by atoms with E-state index in [4.69, 9.17) is 21.1 Å². The van der Waals surface area contributed by atoms with Crippen LogP contribution in [0.2, 0.25) is 5.02 Å². The van der Waals surface area contributed by atoms with Gasteiger partial charge in [0.2, 0.25) is 5.88 Å². The van der Waals surface area contributed by atoms with Gasteiger partial charge >= 0.3 is 0 Å². The van der Waals surface area contributed by atoms with Crippen molar-refractivity contribution >= 4 is 11.6 Å². The molecule has 0 fully saturated rings. The molecule has 0 saturated carbocycles. The van der Waals surface area contributed by atoms with Crippen molar-refractivity contribution < 1.29 is 22.6 Å². The molecule has 0 N–H and O–H groups in total. The third-order valence-electron chi connectivity index (χ3n) is 4.01. The van der Waals surface area contributed by atoms with Gasteiger partial charge in [0, 0.05) is 30.8 Å². The summed E-state index contributed by atoms with van der Waals surface area (Å²) in [6.45, 7) is 3.11. The van der Waals surface area contributed by atoms with Crippen LogP contribution in [0.1, 0.15) is 19.7 Å². The van der Waals surface area contributed by atoms with Gasteiger partial charge in [0.05, 0.1) is 18.3 Å². The minimum Gasteiger partial charge on any atom is -0.481 e. The van der Waals surface area contributed by atoms with Gasteiger partial charge in [0.25, 0.3) is 0 Å². The topological polar surface area (TPSA) is 62.1 Å². The normalized spacial score (nSPS) is 11.6. The zero-order valence-electron chi connectivity index (χ0n) is 15.4. The molecule has 0 amide bonds. The van der Waals surface area contributed by atoms with Crippen molar-refractivity contribution in [2.24, 2.45) is 7.05 Å². The maximum absolute atomic E-state index is 14.0. The monoisotopic (exact) mass is 412 g/mol. The minimum atomic E-state index is -1.30. The third-order valence-corrected chi connectivity index (χ3v) is 4.32. The van der Waals surface area contributed by atoms with Crippen LogP contribution >= 0.6 is 11.6 Å². The average Bonchev–Trinajstić information content (AvgIpc) is 3.01. The Morgan fingerprint density at radius 1 is 1.07 bits per heavy atom. The van der Waals surface area contributed by atoms with Gasteiger partial charge in [-0.2, -0.15) is 0 Å². The summed E-state index contributed by atoms with van der Waals surface area (Å²) < 4.78 is 53.2. The Balaban J connectivity index is 2.01. The molecule has 28 heavy (non-hydrogen) atoms. The van der Waals surface area contributed by atoms with Gasteiger partial charge < -0.3 is 14.0 Å². The number of pyridine rings is 1. The van der Waals surface area contributed by atoms with Crippen molar-refractivity contribution in [3.63, 3.8) is 0 Å². The first-order valence-corrected chi connectivity index (χ1v) is 8.45. The predicted molar refractivity (Wildman–Crippen MR) is 95.8 cm³/mol. The van der Waals surface area contributed by atoms with Gasteiger partial charge in [-0.25, -0.2) is 18.2 Å². The largest absolute Gasteiger partial charge is 0.481 e. The smallest absolute Gasteiger partial charge is 0.213 e. The summed E-state index contributed by atoms with van der Waals surface area (Å²) in [5.41, 5.74) is -0.798. The summed E-state index contributed by atoms with van der Waals surface area (Å²) in [7, 11) is 3.11. The molecule has 0 spiro atoms. The van der Waals surface area contributed by atoms with E-state index in [2.05, 4.69) is 15.2 Å². The molecule has 0 aliphatic rings. The second-order valence-electron chi connectivity index (χ2n) is 6.42. The zero-order valence-corrected chi connectivity index (χ0v) is 16.2. The highest BCUT2D eigenvalue weighted by Crippen LogP contribution is 2.34. The molecular formula is C18H16ClF3N4O2. The minimum absolute atomic E-state index is 0.262. The molecule has 0 bridgehead atoms. The Hall–Kier alpha value is -2.81. The molecule has 1 aromatic carbocycles. The zero-order chi connectivity index (χ0) is 20.6. The summed E-state index contributed by atoms with van der Waals surface area (Å²) in [4.78, 5) is 4.00. The number of aromatic nitrogens is 4. The number of halogens is 4. The molecule has 3 rings (SSSR count). The molecule has 0 saturated heterocycles. The fourth-order valence-electron chi connectivity index (χ4n) is 2.72. The van der Waals surface area contributed by atoms with Gasteiger partial charge in [-0.1, -0.05) is 11.6 Å². The SMILES string of the molecule is COc1cc(-c2nnc(C(C)(C)Oc3c(F)cc(F)cc3F)n2C)c(Cl)cn1. The van der Waals surface area contributed by atoms with E-state index in [1.165, 1.54) is 13.3 Å². The van der Waals surface area contributed by atoms with Gasteiger partial charge in [-0.15, -0.1) is 10.2 Å². The van der Waals surface area contributed by atoms with Crippen LogP contribution in [-0.2, 0) is 12.6 Å². The van der Waals surface area contributed by atoms with E-state index < -0.39 is 28.8 Å². The molecule has 0 aliphatic heterocycles. The molecule has 0 unspecified atom stereocenters. The lowest BCUT2D eigenvalue weighted by Gasteiger charge is -2.26. The van der Waals surface area contributed by atoms with Gasteiger partial charge in [-0.05, 0) is 13.8 Å². The first-order valence-electron chi connectivity index (χ1n) is 8.07. The van der Waals surface area contributed by atoms with Gasteiger partial charge in [0.1, 0.15) is 5.82 Å². The van der Waals surface area contributed by atoms with Crippen molar-refractivity contribution in [1.29, 1.82) is 0 Å². The Labute approximate surface area is 163 Å². The summed E-state index contributed by atoms with van der Waals surface area (Å²) >= 11 is 6.20. The van der Waals surface area contributed by atoms with Crippen LogP contribution in [0.3, 0.4) is 0 Å². The summed E-state index contributed by atoms with van der Waals surface area (Å²) in [6, 6.07) is 2.67. The number of hydrogen-bond acceptors (Lipinski definition) is 5. The van der Waals surface area contributed by atoms with E-state index >= 15 is 0 Å². The van der Waals surface area contributed by atoms with Crippen molar-refractivity contribution in [3.05, 3.63) is 52.7 Å². The van der Waals surface area contributed by atoms with Crippen molar-refractivity contribution in [1.82, 2.24) is 19.7 Å². The number of rotatable bonds is 5. The van der Waals surface area contributed by atoms with Crippen molar-refractivity contribution in [2.45, 2.75) is 19.4 Å². The summed E-state index contributed by atoms with van der Waals surface area (Å²) in [5, 5.41) is 8.51. The van der Waals surface area contributed by atoms with E-state index in [1.54, 1.807) is 31.5 Å². The lowest BCUT2D eigenvalue weighted by molar-refractivity contribution is 0.0833. The number of benzene rings is 1. The highest BCUT2D eigenvalue weighted by molar-refractivity contribution is 6.33. The maximum atomic E-state index is 14.0. The van der Waals surface area contributed by atoms with Crippen LogP contribution in [-0.4, -0.2) is 26.9 Å². The van der Waals surface area contributed by atoms with Crippen molar-refractivity contribution in [3.8, 4) is 23.0 Å².